The summed E-state index contributed by atoms with van der Waals surface area (Å²) in [5.74, 6) is 0.157. The first-order valence-electron chi connectivity index (χ1n) is 6.73. The molecule has 0 aliphatic rings. The first-order valence-corrected chi connectivity index (χ1v) is 6.73. The summed E-state index contributed by atoms with van der Waals surface area (Å²) in [6, 6.07) is 7.79. The number of pyridine rings is 1. The fourth-order valence-electron chi connectivity index (χ4n) is 2.29. The lowest BCUT2D eigenvalue weighted by molar-refractivity contribution is 0.0942. The molecule has 0 atom stereocenters. The van der Waals surface area contributed by atoms with E-state index in [9.17, 15) is 4.79 Å². The molecule has 0 spiro atoms. The standard InChI is InChI=1S/C16H21N3O/c1-12-9-15(13(2)19(12)4)16(20)11-18(3)10-14-7-5-6-8-17-14/h5-9H,10-11H2,1-4H3. The van der Waals surface area contributed by atoms with E-state index in [1.807, 2.05) is 61.7 Å². The van der Waals surface area contributed by atoms with Crippen molar-refractivity contribution in [2.24, 2.45) is 7.05 Å². The Morgan fingerprint density at radius 2 is 2.10 bits per heavy atom. The number of hydrogen-bond donors (Lipinski definition) is 0. The molecule has 2 aromatic heterocycles. The van der Waals surface area contributed by atoms with Gasteiger partial charge in [-0.3, -0.25) is 14.7 Å². The summed E-state index contributed by atoms with van der Waals surface area (Å²) in [5, 5.41) is 0. The molecule has 106 valence electrons. The van der Waals surface area contributed by atoms with Gasteiger partial charge in [0.05, 0.1) is 12.2 Å². The van der Waals surface area contributed by atoms with Gasteiger partial charge >= 0.3 is 0 Å². The van der Waals surface area contributed by atoms with Crippen LogP contribution in [0.5, 0.6) is 0 Å². The zero-order chi connectivity index (χ0) is 14.7. The number of carbonyl (C=O) groups excluding carboxylic acids is 1. The van der Waals surface area contributed by atoms with Crippen molar-refractivity contribution in [1.29, 1.82) is 0 Å². The minimum absolute atomic E-state index is 0.157. The lowest BCUT2D eigenvalue weighted by Crippen LogP contribution is -2.26. The number of aryl methyl sites for hydroxylation is 1. The third-order valence-corrected chi connectivity index (χ3v) is 3.65. The van der Waals surface area contributed by atoms with Crippen molar-refractivity contribution in [3.05, 3.63) is 53.1 Å². The zero-order valence-corrected chi connectivity index (χ0v) is 12.6. The third kappa shape index (κ3) is 3.14. The first kappa shape index (κ1) is 14.5. The van der Waals surface area contributed by atoms with E-state index in [2.05, 4.69) is 4.98 Å². The summed E-state index contributed by atoms with van der Waals surface area (Å²) in [6.45, 7) is 5.08. The average Bonchev–Trinajstić information content (AvgIpc) is 2.67. The summed E-state index contributed by atoms with van der Waals surface area (Å²) < 4.78 is 2.05. The van der Waals surface area contributed by atoms with Crippen molar-refractivity contribution in [3.8, 4) is 0 Å². The largest absolute Gasteiger partial charge is 0.351 e. The van der Waals surface area contributed by atoms with Gasteiger partial charge in [0.2, 0.25) is 0 Å². The average molecular weight is 271 g/mol. The molecule has 2 aromatic rings. The molecule has 2 rings (SSSR count). The van der Waals surface area contributed by atoms with E-state index in [1.165, 1.54) is 0 Å². The lowest BCUT2D eigenvalue weighted by atomic mass is 10.1. The van der Waals surface area contributed by atoms with Crippen molar-refractivity contribution >= 4 is 5.78 Å². The summed E-state index contributed by atoms with van der Waals surface area (Å²) in [7, 11) is 3.93. The normalized spacial score (nSPS) is 11.1. The van der Waals surface area contributed by atoms with Crippen LogP contribution in [-0.2, 0) is 13.6 Å². The van der Waals surface area contributed by atoms with Gasteiger partial charge in [-0.25, -0.2) is 0 Å². The molecular weight excluding hydrogens is 250 g/mol. The summed E-state index contributed by atoms with van der Waals surface area (Å²) in [6.07, 6.45) is 1.77. The maximum atomic E-state index is 12.4. The number of Topliss-reactive ketones (excluding diaryl/α,β-unsaturated/α-hetero) is 1. The predicted octanol–water partition coefficient (Wildman–Crippen LogP) is 2.35. The fourth-order valence-corrected chi connectivity index (χ4v) is 2.29. The molecule has 4 nitrogen and oxygen atoms in total. The minimum Gasteiger partial charge on any atom is -0.351 e. The van der Waals surface area contributed by atoms with Crippen LogP contribution in [0.3, 0.4) is 0 Å². The Kier molecular flexibility index (Phi) is 4.35. The highest BCUT2D eigenvalue weighted by Gasteiger charge is 2.15. The van der Waals surface area contributed by atoms with Crippen LogP contribution in [-0.4, -0.2) is 33.8 Å². The van der Waals surface area contributed by atoms with Gasteiger partial charge in [0.15, 0.2) is 5.78 Å². The SMILES string of the molecule is Cc1cc(C(=O)CN(C)Cc2ccccn2)c(C)n1C. The fraction of sp³-hybridized carbons (Fsp3) is 0.375. The van der Waals surface area contributed by atoms with Crippen molar-refractivity contribution < 1.29 is 4.79 Å². The summed E-state index contributed by atoms with van der Waals surface area (Å²) in [4.78, 5) is 18.6. The third-order valence-electron chi connectivity index (χ3n) is 3.65. The van der Waals surface area contributed by atoms with E-state index < -0.39 is 0 Å². The molecular formula is C16H21N3O. The molecule has 0 bridgehead atoms. The van der Waals surface area contributed by atoms with Gasteiger partial charge in [0.1, 0.15) is 0 Å². The zero-order valence-electron chi connectivity index (χ0n) is 12.6. The van der Waals surface area contributed by atoms with Crippen molar-refractivity contribution in [3.63, 3.8) is 0 Å². The molecule has 20 heavy (non-hydrogen) atoms. The van der Waals surface area contributed by atoms with E-state index in [1.54, 1.807) is 6.20 Å². The molecule has 4 heteroatoms. The molecule has 0 aliphatic heterocycles. The Bertz CT molecular complexity index is 602. The van der Waals surface area contributed by atoms with Gasteiger partial charge in [-0.2, -0.15) is 0 Å². The number of rotatable bonds is 5. The monoisotopic (exact) mass is 271 g/mol. The number of hydrogen-bond acceptors (Lipinski definition) is 3. The molecule has 0 N–H and O–H groups in total. The summed E-state index contributed by atoms with van der Waals surface area (Å²) >= 11 is 0. The number of likely N-dealkylation sites (N-methyl/N-ethyl adjacent to an activating group) is 1. The highest BCUT2D eigenvalue weighted by atomic mass is 16.1. The minimum atomic E-state index is 0.157. The Hall–Kier alpha value is -1.94. The Morgan fingerprint density at radius 1 is 1.35 bits per heavy atom. The number of ketones is 1. The van der Waals surface area contributed by atoms with Crippen LogP contribution in [0, 0.1) is 13.8 Å². The van der Waals surface area contributed by atoms with E-state index in [0.717, 1.165) is 22.6 Å². The molecule has 0 saturated heterocycles. The summed E-state index contributed by atoms with van der Waals surface area (Å²) in [5.41, 5.74) is 3.93. The number of nitrogens with zero attached hydrogens (tertiary/aromatic N) is 3. The maximum absolute atomic E-state index is 12.4. The van der Waals surface area contributed by atoms with E-state index in [0.29, 0.717) is 13.1 Å². The van der Waals surface area contributed by atoms with Crippen molar-refractivity contribution in [1.82, 2.24) is 14.5 Å². The topological polar surface area (TPSA) is 38.1 Å². The molecule has 0 unspecified atom stereocenters. The van der Waals surface area contributed by atoms with Gasteiger partial charge in [-0.05, 0) is 39.1 Å². The van der Waals surface area contributed by atoms with Crippen molar-refractivity contribution in [2.45, 2.75) is 20.4 Å². The van der Waals surface area contributed by atoms with Crippen LogP contribution < -0.4 is 0 Å². The predicted molar refractivity (Wildman–Crippen MR) is 79.8 cm³/mol. The number of carbonyl (C=O) groups is 1. The highest BCUT2D eigenvalue weighted by Crippen LogP contribution is 2.14. The van der Waals surface area contributed by atoms with Crippen LogP contribution in [0.4, 0.5) is 0 Å². The van der Waals surface area contributed by atoms with Crippen LogP contribution in [0.2, 0.25) is 0 Å². The molecule has 0 amide bonds. The van der Waals surface area contributed by atoms with E-state index in [4.69, 9.17) is 0 Å². The second kappa shape index (κ2) is 6.01. The Balaban J connectivity index is 2.02. The molecule has 0 aromatic carbocycles. The second-order valence-electron chi connectivity index (χ2n) is 5.26. The highest BCUT2D eigenvalue weighted by molar-refractivity contribution is 5.99. The van der Waals surface area contributed by atoms with E-state index >= 15 is 0 Å². The smallest absolute Gasteiger partial charge is 0.178 e. The second-order valence-corrected chi connectivity index (χ2v) is 5.26. The van der Waals surface area contributed by atoms with Crippen LogP contribution in [0.15, 0.2) is 30.5 Å². The van der Waals surface area contributed by atoms with Gasteiger partial charge in [-0.1, -0.05) is 6.07 Å². The van der Waals surface area contributed by atoms with Crippen LogP contribution >= 0.6 is 0 Å². The molecule has 2 heterocycles. The van der Waals surface area contributed by atoms with E-state index in [-0.39, 0.29) is 5.78 Å². The van der Waals surface area contributed by atoms with Crippen molar-refractivity contribution in [2.75, 3.05) is 13.6 Å². The van der Waals surface area contributed by atoms with Gasteiger partial charge < -0.3 is 4.57 Å². The molecule has 0 saturated carbocycles. The van der Waals surface area contributed by atoms with Crippen LogP contribution in [0.1, 0.15) is 27.4 Å². The molecule has 0 aliphatic carbocycles. The quantitative estimate of drug-likeness (QED) is 0.784. The maximum Gasteiger partial charge on any atom is 0.178 e. The first-order chi connectivity index (χ1) is 9.49. The molecule has 0 fully saturated rings. The molecule has 0 radical (unpaired) electrons. The van der Waals surface area contributed by atoms with Gasteiger partial charge in [0.25, 0.3) is 0 Å². The van der Waals surface area contributed by atoms with Gasteiger partial charge in [0, 0.05) is 36.7 Å². The lowest BCUT2D eigenvalue weighted by Gasteiger charge is -2.15. The number of aromatic nitrogens is 2. The van der Waals surface area contributed by atoms with Gasteiger partial charge in [-0.15, -0.1) is 0 Å². The Morgan fingerprint density at radius 3 is 2.65 bits per heavy atom. The van der Waals surface area contributed by atoms with Crippen LogP contribution in [0.25, 0.3) is 0 Å². The Labute approximate surface area is 120 Å².